The number of nitrogen functional groups attached to an aromatic ring is 1. The number of nitrogens with zero attached hydrogens (tertiary/aromatic N) is 1. The molecule has 1 heterocycles. The Morgan fingerprint density at radius 3 is 2.39 bits per heavy atom. The van der Waals surface area contributed by atoms with Crippen LogP contribution in [0, 0.1) is 11.8 Å². The van der Waals surface area contributed by atoms with Crippen LogP contribution in [0.3, 0.4) is 0 Å². The number of carbonyl (C=O) groups is 1. The maximum absolute atomic E-state index is 12.0. The molecule has 18 heavy (non-hydrogen) atoms. The maximum atomic E-state index is 12.0. The van der Waals surface area contributed by atoms with Crippen molar-refractivity contribution in [1.29, 1.82) is 0 Å². The van der Waals surface area contributed by atoms with Crippen molar-refractivity contribution >= 4 is 24.1 Å². The third-order valence-electron chi connectivity index (χ3n) is 3.56. The Kier molecular flexibility index (Phi) is 3.76. The van der Waals surface area contributed by atoms with Crippen molar-refractivity contribution in [3.8, 4) is 0 Å². The Balaban J connectivity index is 0.00000120. The highest BCUT2D eigenvalue weighted by Gasteiger charge is 2.42. The molecule has 0 saturated heterocycles. The lowest BCUT2D eigenvalue weighted by Crippen LogP contribution is -2.38. The van der Waals surface area contributed by atoms with Gasteiger partial charge in [-0.25, -0.2) is 4.98 Å². The number of pyridine rings is 1. The van der Waals surface area contributed by atoms with E-state index in [1.165, 1.54) is 25.7 Å². The van der Waals surface area contributed by atoms with Gasteiger partial charge in [-0.05, 0) is 49.7 Å². The zero-order valence-electron chi connectivity index (χ0n) is 10.1. The smallest absolute Gasteiger partial charge is 0.270 e. The molecule has 3 rings (SSSR count). The minimum absolute atomic E-state index is 0. The fraction of sp³-hybridized carbons (Fsp3) is 0.538. The Bertz CT molecular complexity index is 432. The van der Waals surface area contributed by atoms with Crippen LogP contribution in [0.4, 0.5) is 5.82 Å². The summed E-state index contributed by atoms with van der Waals surface area (Å²) in [4.78, 5) is 16.1. The Hall–Kier alpha value is -1.29. The van der Waals surface area contributed by atoms with E-state index < -0.39 is 0 Å². The average molecular weight is 268 g/mol. The second-order valence-corrected chi connectivity index (χ2v) is 5.12. The lowest BCUT2D eigenvalue weighted by Gasteiger charge is -2.17. The molecule has 0 radical (unpaired) electrons. The lowest BCUT2D eigenvalue weighted by atomic mass is 10.1. The van der Waals surface area contributed by atoms with Crippen LogP contribution in [0.2, 0.25) is 0 Å². The number of halogens is 1. The molecular formula is C13H18ClN3O. The summed E-state index contributed by atoms with van der Waals surface area (Å²) in [5.41, 5.74) is 6.01. The van der Waals surface area contributed by atoms with E-state index in [1.54, 1.807) is 18.2 Å². The van der Waals surface area contributed by atoms with Crippen LogP contribution in [0.1, 0.15) is 36.2 Å². The highest BCUT2D eigenvalue weighted by Crippen LogP contribution is 2.44. The minimum Gasteiger partial charge on any atom is -0.384 e. The summed E-state index contributed by atoms with van der Waals surface area (Å²) in [6.07, 6.45) is 5.02. The summed E-state index contributed by atoms with van der Waals surface area (Å²) in [7, 11) is 0. The summed E-state index contributed by atoms with van der Waals surface area (Å²) >= 11 is 0. The molecule has 1 amide bonds. The third kappa shape index (κ3) is 2.93. The quantitative estimate of drug-likeness (QED) is 0.877. The number of carbonyl (C=O) groups excluding carboxylic acids is 1. The number of amides is 1. The summed E-state index contributed by atoms with van der Waals surface area (Å²) in [5, 5.41) is 3.13. The van der Waals surface area contributed by atoms with E-state index >= 15 is 0 Å². The second-order valence-electron chi connectivity index (χ2n) is 5.12. The van der Waals surface area contributed by atoms with Gasteiger partial charge in [0.2, 0.25) is 0 Å². The van der Waals surface area contributed by atoms with E-state index in [2.05, 4.69) is 10.3 Å². The van der Waals surface area contributed by atoms with Crippen LogP contribution in [0.25, 0.3) is 0 Å². The summed E-state index contributed by atoms with van der Waals surface area (Å²) in [6.45, 7) is 0. The molecule has 2 fully saturated rings. The van der Waals surface area contributed by atoms with Gasteiger partial charge in [-0.15, -0.1) is 12.4 Å². The first-order chi connectivity index (χ1) is 8.24. The lowest BCUT2D eigenvalue weighted by molar-refractivity contribution is 0.0921. The third-order valence-corrected chi connectivity index (χ3v) is 3.56. The van der Waals surface area contributed by atoms with Gasteiger partial charge >= 0.3 is 0 Å². The fourth-order valence-electron chi connectivity index (χ4n) is 2.33. The number of rotatable bonds is 4. The van der Waals surface area contributed by atoms with Crippen molar-refractivity contribution in [2.45, 2.75) is 31.7 Å². The highest BCUT2D eigenvalue weighted by molar-refractivity contribution is 5.92. The zero-order valence-corrected chi connectivity index (χ0v) is 11.0. The van der Waals surface area contributed by atoms with Gasteiger partial charge in [-0.3, -0.25) is 4.79 Å². The molecule has 0 aromatic carbocycles. The van der Waals surface area contributed by atoms with E-state index in [0.29, 0.717) is 29.4 Å². The minimum atomic E-state index is -0.0823. The van der Waals surface area contributed by atoms with Crippen LogP contribution in [-0.2, 0) is 0 Å². The summed E-state index contributed by atoms with van der Waals surface area (Å²) < 4.78 is 0. The molecule has 5 heteroatoms. The Morgan fingerprint density at radius 1 is 1.28 bits per heavy atom. The van der Waals surface area contributed by atoms with Crippen molar-refractivity contribution in [3.05, 3.63) is 23.9 Å². The molecule has 98 valence electrons. The molecule has 2 aliphatic carbocycles. The molecule has 4 nitrogen and oxygen atoms in total. The van der Waals surface area contributed by atoms with E-state index in [4.69, 9.17) is 5.73 Å². The van der Waals surface area contributed by atoms with Crippen molar-refractivity contribution in [3.63, 3.8) is 0 Å². The van der Waals surface area contributed by atoms with Crippen LogP contribution >= 0.6 is 12.4 Å². The van der Waals surface area contributed by atoms with Gasteiger partial charge in [0.25, 0.3) is 5.91 Å². The molecule has 3 N–H and O–H groups in total. The fourth-order valence-corrected chi connectivity index (χ4v) is 2.33. The first kappa shape index (κ1) is 13.1. The van der Waals surface area contributed by atoms with Crippen molar-refractivity contribution in [1.82, 2.24) is 10.3 Å². The zero-order chi connectivity index (χ0) is 11.8. The molecule has 0 aliphatic heterocycles. The predicted octanol–water partition coefficient (Wildman–Crippen LogP) is 2.00. The molecule has 0 atom stereocenters. The van der Waals surface area contributed by atoms with Crippen molar-refractivity contribution < 1.29 is 4.79 Å². The molecule has 1 aromatic rings. The molecule has 2 aliphatic rings. The molecule has 2 saturated carbocycles. The first-order valence-corrected chi connectivity index (χ1v) is 6.27. The number of hydrogen-bond acceptors (Lipinski definition) is 3. The number of anilines is 1. The van der Waals surface area contributed by atoms with E-state index in [9.17, 15) is 4.79 Å². The molecule has 1 aromatic heterocycles. The van der Waals surface area contributed by atoms with E-state index in [1.807, 2.05) is 0 Å². The molecular weight excluding hydrogens is 250 g/mol. The van der Waals surface area contributed by atoms with Crippen LogP contribution < -0.4 is 11.1 Å². The highest BCUT2D eigenvalue weighted by atomic mass is 35.5. The van der Waals surface area contributed by atoms with Crippen LogP contribution in [0.15, 0.2) is 18.2 Å². The maximum Gasteiger partial charge on any atom is 0.270 e. The number of aromatic nitrogens is 1. The van der Waals surface area contributed by atoms with E-state index in [-0.39, 0.29) is 18.3 Å². The van der Waals surface area contributed by atoms with Gasteiger partial charge in [-0.2, -0.15) is 0 Å². The SMILES string of the molecule is Cl.Nc1cccc(C(=O)NC(C2CC2)C2CC2)n1. The number of nitrogens with one attached hydrogen (secondary N) is 1. The normalized spacial score (nSPS) is 18.3. The van der Waals surface area contributed by atoms with E-state index in [0.717, 1.165) is 0 Å². The first-order valence-electron chi connectivity index (χ1n) is 6.27. The summed E-state index contributed by atoms with van der Waals surface area (Å²) in [6, 6.07) is 5.53. The van der Waals surface area contributed by atoms with Gasteiger partial charge in [0.15, 0.2) is 0 Å². The molecule has 0 bridgehead atoms. The predicted molar refractivity (Wildman–Crippen MR) is 72.6 cm³/mol. The number of hydrogen-bond donors (Lipinski definition) is 2. The number of nitrogens with two attached hydrogens (primary N) is 1. The molecule has 0 spiro atoms. The van der Waals surface area contributed by atoms with Crippen LogP contribution in [0.5, 0.6) is 0 Å². The largest absolute Gasteiger partial charge is 0.384 e. The Morgan fingerprint density at radius 2 is 1.89 bits per heavy atom. The second kappa shape index (κ2) is 5.14. The van der Waals surface area contributed by atoms with Gasteiger partial charge < -0.3 is 11.1 Å². The van der Waals surface area contributed by atoms with Crippen molar-refractivity contribution in [2.75, 3.05) is 5.73 Å². The van der Waals surface area contributed by atoms with Gasteiger partial charge in [0, 0.05) is 6.04 Å². The Labute approximate surface area is 113 Å². The van der Waals surface area contributed by atoms with Gasteiger partial charge in [-0.1, -0.05) is 6.07 Å². The van der Waals surface area contributed by atoms with Gasteiger partial charge in [0.1, 0.15) is 11.5 Å². The topological polar surface area (TPSA) is 68.0 Å². The van der Waals surface area contributed by atoms with Crippen molar-refractivity contribution in [2.24, 2.45) is 11.8 Å². The summed E-state index contributed by atoms with van der Waals surface area (Å²) in [5.74, 6) is 1.72. The van der Waals surface area contributed by atoms with Gasteiger partial charge in [0.05, 0.1) is 0 Å². The standard InChI is InChI=1S/C13H17N3O.ClH/c14-11-3-1-2-10(15-11)13(17)16-12(8-4-5-8)9-6-7-9;/h1-3,8-9,12H,4-7H2,(H2,14,15)(H,16,17);1H. The monoisotopic (exact) mass is 267 g/mol. The van der Waals surface area contributed by atoms with Crippen LogP contribution in [-0.4, -0.2) is 16.9 Å². The molecule has 0 unspecified atom stereocenters. The average Bonchev–Trinajstić information content (AvgIpc) is 3.16.